The van der Waals surface area contributed by atoms with E-state index in [4.69, 9.17) is 9.47 Å². The predicted molar refractivity (Wildman–Crippen MR) is 47.6 cm³/mol. The third kappa shape index (κ3) is 2.73. The van der Waals surface area contributed by atoms with E-state index in [0.717, 1.165) is 13.5 Å². The minimum atomic E-state index is 0.457. The molecule has 1 atom stereocenters. The second kappa shape index (κ2) is 5.51. The lowest BCUT2D eigenvalue weighted by Gasteiger charge is -2.33. The summed E-state index contributed by atoms with van der Waals surface area (Å²) in [5.74, 6) is 0. The molecule has 3 heteroatoms. The number of hydrogen-bond acceptors (Lipinski definition) is 3. The monoisotopic (exact) mass is 173 g/mol. The van der Waals surface area contributed by atoms with E-state index >= 15 is 0 Å². The zero-order valence-corrected chi connectivity index (χ0v) is 8.08. The largest absolute Gasteiger partial charge is 0.340 e. The van der Waals surface area contributed by atoms with E-state index in [1.54, 1.807) is 0 Å². The fourth-order valence-electron chi connectivity index (χ4n) is 1.59. The van der Waals surface area contributed by atoms with Crippen LogP contribution in [0, 0.1) is 0 Å². The molecule has 0 aromatic heterocycles. The van der Waals surface area contributed by atoms with Crippen LogP contribution in [0.3, 0.4) is 0 Å². The summed E-state index contributed by atoms with van der Waals surface area (Å²) in [5, 5.41) is 0. The van der Waals surface area contributed by atoms with Crippen molar-refractivity contribution in [2.24, 2.45) is 0 Å². The van der Waals surface area contributed by atoms with Gasteiger partial charge in [-0.1, -0.05) is 20.3 Å². The van der Waals surface area contributed by atoms with Crippen LogP contribution in [0.15, 0.2) is 0 Å². The number of nitrogens with zero attached hydrogens (tertiary/aromatic N) is 1. The molecular formula is C9H19NO2. The lowest BCUT2D eigenvalue weighted by molar-refractivity contribution is -0.195. The van der Waals surface area contributed by atoms with Gasteiger partial charge in [-0.15, -0.1) is 0 Å². The average molecular weight is 173 g/mol. The Hall–Kier alpha value is -0.120. The molecule has 0 radical (unpaired) electrons. The molecule has 3 nitrogen and oxygen atoms in total. The van der Waals surface area contributed by atoms with Gasteiger partial charge >= 0.3 is 0 Å². The molecule has 1 aliphatic rings. The minimum Gasteiger partial charge on any atom is -0.340 e. The van der Waals surface area contributed by atoms with Crippen molar-refractivity contribution in [3.8, 4) is 0 Å². The summed E-state index contributed by atoms with van der Waals surface area (Å²) in [5.41, 5.74) is 0. The van der Waals surface area contributed by atoms with Gasteiger partial charge in [-0.05, 0) is 12.8 Å². The Labute approximate surface area is 74.6 Å². The molecule has 1 heterocycles. The maximum Gasteiger partial charge on any atom is 0.150 e. The van der Waals surface area contributed by atoms with Crippen LogP contribution >= 0.6 is 0 Å². The van der Waals surface area contributed by atoms with Crippen molar-refractivity contribution in [3.05, 3.63) is 0 Å². The van der Waals surface area contributed by atoms with E-state index in [-0.39, 0.29) is 0 Å². The van der Waals surface area contributed by atoms with Crippen LogP contribution < -0.4 is 0 Å². The first-order chi connectivity index (χ1) is 5.88. The van der Waals surface area contributed by atoms with Crippen molar-refractivity contribution >= 4 is 0 Å². The highest BCUT2D eigenvalue weighted by atomic mass is 16.7. The van der Waals surface area contributed by atoms with Gasteiger partial charge in [0.25, 0.3) is 0 Å². The number of ether oxygens (including phenoxy) is 2. The number of rotatable bonds is 4. The Balaban J connectivity index is 2.29. The summed E-state index contributed by atoms with van der Waals surface area (Å²) in [7, 11) is 0. The highest BCUT2D eigenvalue weighted by Crippen LogP contribution is 2.12. The summed E-state index contributed by atoms with van der Waals surface area (Å²) in [6.07, 6.45) is 3.65. The molecule has 1 aliphatic heterocycles. The zero-order chi connectivity index (χ0) is 8.81. The smallest absolute Gasteiger partial charge is 0.150 e. The summed E-state index contributed by atoms with van der Waals surface area (Å²) >= 11 is 0. The molecule has 1 saturated heterocycles. The highest BCUT2D eigenvalue weighted by Gasteiger charge is 2.18. The van der Waals surface area contributed by atoms with Crippen molar-refractivity contribution in [3.63, 3.8) is 0 Å². The first kappa shape index (κ1) is 9.96. The lowest BCUT2D eigenvalue weighted by atomic mass is 10.1. The highest BCUT2D eigenvalue weighted by molar-refractivity contribution is 4.66. The molecule has 0 N–H and O–H groups in total. The van der Waals surface area contributed by atoms with Gasteiger partial charge in [0.1, 0.15) is 20.3 Å². The molecule has 0 spiro atoms. The van der Waals surface area contributed by atoms with E-state index in [0.29, 0.717) is 12.8 Å². The molecule has 0 saturated carbocycles. The third-order valence-corrected chi connectivity index (χ3v) is 2.29. The normalized spacial score (nSPS) is 22.5. The fraction of sp³-hybridized carbons (Fsp3) is 1.00. The van der Waals surface area contributed by atoms with Gasteiger partial charge in [-0.3, -0.25) is 4.90 Å². The van der Waals surface area contributed by atoms with Gasteiger partial charge < -0.3 is 9.47 Å². The Morgan fingerprint density at radius 1 is 1.25 bits per heavy atom. The summed E-state index contributed by atoms with van der Waals surface area (Å²) in [6, 6.07) is 0.635. The molecule has 0 aromatic rings. The first-order valence-corrected chi connectivity index (χ1v) is 4.78. The quantitative estimate of drug-likeness (QED) is 0.647. The van der Waals surface area contributed by atoms with Crippen molar-refractivity contribution in [1.82, 2.24) is 4.90 Å². The van der Waals surface area contributed by atoms with Crippen LogP contribution in [0.5, 0.6) is 0 Å². The lowest BCUT2D eigenvalue weighted by Crippen LogP contribution is -2.42. The van der Waals surface area contributed by atoms with E-state index in [9.17, 15) is 0 Å². The van der Waals surface area contributed by atoms with Crippen LogP contribution in [-0.2, 0) is 9.47 Å². The van der Waals surface area contributed by atoms with Crippen molar-refractivity contribution in [1.29, 1.82) is 0 Å². The molecule has 0 aliphatic carbocycles. The van der Waals surface area contributed by atoms with E-state index in [1.807, 2.05) is 0 Å². The third-order valence-electron chi connectivity index (χ3n) is 2.29. The Morgan fingerprint density at radius 2 is 1.92 bits per heavy atom. The minimum absolute atomic E-state index is 0.457. The maximum atomic E-state index is 5.21. The molecule has 1 rings (SSSR count). The first-order valence-electron chi connectivity index (χ1n) is 4.78. The molecule has 0 aromatic carbocycles. The predicted octanol–water partition coefficient (Wildman–Crippen LogP) is 1.79. The molecule has 0 bridgehead atoms. The van der Waals surface area contributed by atoms with Gasteiger partial charge in [0, 0.05) is 6.04 Å². The van der Waals surface area contributed by atoms with Crippen LogP contribution in [0.1, 0.15) is 33.1 Å². The van der Waals surface area contributed by atoms with Gasteiger partial charge in [-0.25, -0.2) is 0 Å². The van der Waals surface area contributed by atoms with Crippen LogP contribution in [0.4, 0.5) is 0 Å². The Morgan fingerprint density at radius 3 is 2.42 bits per heavy atom. The average Bonchev–Trinajstić information content (AvgIpc) is 2.15. The van der Waals surface area contributed by atoms with E-state index < -0.39 is 0 Å². The number of hydrogen-bond donors (Lipinski definition) is 0. The van der Waals surface area contributed by atoms with Gasteiger partial charge in [0.15, 0.2) is 0 Å². The zero-order valence-electron chi connectivity index (χ0n) is 8.08. The van der Waals surface area contributed by atoms with Crippen LogP contribution in [-0.4, -0.2) is 31.2 Å². The van der Waals surface area contributed by atoms with Crippen LogP contribution in [0.25, 0.3) is 0 Å². The summed E-state index contributed by atoms with van der Waals surface area (Å²) in [4.78, 5) is 2.26. The van der Waals surface area contributed by atoms with Crippen molar-refractivity contribution in [2.75, 3.05) is 20.3 Å². The molecule has 12 heavy (non-hydrogen) atoms. The van der Waals surface area contributed by atoms with Crippen molar-refractivity contribution in [2.45, 2.75) is 39.2 Å². The fourth-order valence-corrected chi connectivity index (χ4v) is 1.59. The van der Waals surface area contributed by atoms with Gasteiger partial charge in [-0.2, -0.15) is 0 Å². The molecule has 1 fully saturated rings. The van der Waals surface area contributed by atoms with E-state index in [2.05, 4.69) is 18.7 Å². The summed E-state index contributed by atoms with van der Waals surface area (Å²) < 4.78 is 10.4. The van der Waals surface area contributed by atoms with Crippen LogP contribution in [0.2, 0.25) is 0 Å². The SMILES string of the molecule is CCCC(CC)N1COCOC1. The standard InChI is InChI=1S/C9H19NO2/c1-3-5-9(4-2)10-6-11-8-12-7-10/h9H,3-8H2,1-2H3. The molecular weight excluding hydrogens is 154 g/mol. The van der Waals surface area contributed by atoms with Gasteiger partial charge in [0.05, 0.1) is 0 Å². The summed E-state index contributed by atoms with van der Waals surface area (Å²) in [6.45, 7) is 6.36. The maximum absolute atomic E-state index is 5.21. The Kier molecular flexibility index (Phi) is 4.58. The second-order valence-electron chi connectivity index (χ2n) is 3.22. The molecule has 72 valence electrons. The second-order valence-corrected chi connectivity index (χ2v) is 3.22. The van der Waals surface area contributed by atoms with Gasteiger partial charge in [0.2, 0.25) is 0 Å². The molecule has 0 amide bonds. The van der Waals surface area contributed by atoms with E-state index in [1.165, 1.54) is 19.3 Å². The molecule has 1 unspecified atom stereocenters. The topological polar surface area (TPSA) is 21.7 Å². The Bertz CT molecular complexity index is 110. The van der Waals surface area contributed by atoms with Crippen molar-refractivity contribution < 1.29 is 9.47 Å².